The van der Waals surface area contributed by atoms with Crippen molar-refractivity contribution in [1.29, 1.82) is 5.41 Å². The lowest BCUT2D eigenvalue weighted by atomic mass is 10.0. The highest BCUT2D eigenvalue weighted by molar-refractivity contribution is 6.44. The molecule has 1 fully saturated rings. The van der Waals surface area contributed by atoms with Gasteiger partial charge in [0.15, 0.2) is 0 Å². The number of amides is 3. The van der Waals surface area contributed by atoms with Crippen molar-refractivity contribution >= 4 is 29.1 Å². The summed E-state index contributed by atoms with van der Waals surface area (Å²) in [5.74, 6) is -1.95. The molecule has 8 nitrogen and oxygen atoms in total. The molecule has 1 heterocycles. The van der Waals surface area contributed by atoms with Crippen LogP contribution in [0.4, 0.5) is 10.1 Å². The summed E-state index contributed by atoms with van der Waals surface area (Å²) in [4.78, 5) is 38.0. The molecule has 0 unspecified atom stereocenters. The fourth-order valence-electron chi connectivity index (χ4n) is 3.22. The van der Waals surface area contributed by atoms with E-state index in [2.05, 4.69) is 10.6 Å². The second kappa shape index (κ2) is 10.00. The molecule has 2 rings (SSSR count). The molecule has 1 aromatic carbocycles. The summed E-state index contributed by atoms with van der Waals surface area (Å²) in [5.41, 5.74) is 6.97. The molecular weight excluding hydrogens is 389 g/mol. The van der Waals surface area contributed by atoms with Crippen molar-refractivity contribution in [2.45, 2.75) is 39.7 Å². The number of anilines is 1. The van der Waals surface area contributed by atoms with Crippen molar-refractivity contribution in [3.8, 4) is 0 Å². The number of aryl methyl sites for hydroxylation is 1. The lowest BCUT2D eigenvalue weighted by Gasteiger charge is -2.24. The molecule has 1 aliphatic heterocycles. The van der Waals surface area contributed by atoms with Crippen LogP contribution in [0.5, 0.6) is 0 Å². The average molecular weight is 417 g/mol. The Balaban J connectivity index is 2.05. The fourth-order valence-corrected chi connectivity index (χ4v) is 3.22. The van der Waals surface area contributed by atoms with Gasteiger partial charge < -0.3 is 21.3 Å². The third-order valence-corrected chi connectivity index (χ3v) is 4.96. The van der Waals surface area contributed by atoms with E-state index in [4.69, 9.17) is 11.1 Å². The molecule has 0 radical (unpaired) electrons. The number of benzene rings is 1. The molecule has 5 N–H and O–H groups in total. The summed E-state index contributed by atoms with van der Waals surface area (Å²) in [7, 11) is 0. The number of rotatable bonds is 8. The van der Waals surface area contributed by atoms with Gasteiger partial charge in [-0.15, -0.1) is 0 Å². The molecule has 1 aliphatic rings. The first-order chi connectivity index (χ1) is 14.1. The third kappa shape index (κ3) is 5.65. The molecule has 9 heteroatoms. The van der Waals surface area contributed by atoms with Crippen LogP contribution >= 0.6 is 0 Å². The van der Waals surface area contributed by atoms with Gasteiger partial charge in [0.1, 0.15) is 17.6 Å². The van der Waals surface area contributed by atoms with Crippen LogP contribution in [0.25, 0.3) is 0 Å². The Hall–Kier alpha value is -3.23. The van der Waals surface area contributed by atoms with Gasteiger partial charge in [-0.2, -0.15) is 0 Å². The van der Waals surface area contributed by atoms with E-state index in [-0.39, 0.29) is 30.6 Å². The maximum Gasteiger partial charge on any atom is 0.267 e. The minimum absolute atomic E-state index is 0.116. The van der Waals surface area contributed by atoms with E-state index >= 15 is 0 Å². The average Bonchev–Trinajstić information content (AvgIpc) is 3.19. The summed E-state index contributed by atoms with van der Waals surface area (Å²) in [6, 6.07) is 4.41. The summed E-state index contributed by atoms with van der Waals surface area (Å²) in [5, 5.41) is 13.3. The molecule has 0 bridgehead atoms. The van der Waals surface area contributed by atoms with Crippen molar-refractivity contribution in [2.75, 3.05) is 25.0 Å². The number of hydrogen-bond acceptors (Lipinski definition) is 5. The van der Waals surface area contributed by atoms with Crippen LogP contribution in [-0.4, -0.2) is 54.0 Å². The highest BCUT2D eigenvalue weighted by Crippen LogP contribution is 2.20. The van der Waals surface area contributed by atoms with Crippen LogP contribution in [-0.2, 0) is 14.4 Å². The zero-order chi connectivity index (χ0) is 22.4. The predicted octanol–water partition coefficient (Wildman–Crippen LogP) is 1.63. The molecule has 162 valence electrons. The van der Waals surface area contributed by atoms with Crippen LogP contribution in [0.2, 0.25) is 0 Å². The molecule has 3 amide bonds. The lowest BCUT2D eigenvalue weighted by molar-refractivity contribution is -0.137. The van der Waals surface area contributed by atoms with Gasteiger partial charge in [0.2, 0.25) is 11.8 Å². The van der Waals surface area contributed by atoms with Crippen molar-refractivity contribution in [3.05, 3.63) is 40.7 Å². The van der Waals surface area contributed by atoms with Crippen LogP contribution in [0.1, 0.15) is 37.8 Å². The number of allylic oxidation sites excluding steroid dienone is 1. The van der Waals surface area contributed by atoms with Crippen molar-refractivity contribution < 1.29 is 18.8 Å². The quantitative estimate of drug-likeness (QED) is 0.479. The Labute approximate surface area is 175 Å². The number of nitrogens with zero attached hydrogens (tertiary/aromatic N) is 1. The highest BCUT2D eigenvalue weighted by Gasteiger charge is 2.33. The summed E-state index contributed by atoms with van der Waals surface area (Å²) >= 11 is 0. The minimum Gasteiger partial charge on any atom is -0.376 e. The van der Waals surface area contributed by atoms with E-state index in [1.165, 1.54) is 4.90 Å². The number of nitrogens with one attached hydrogen (secondary N) is 3. The Morgan fingerprint density at radius 1 is 1.27 bits per heavy atom. The van der Waals surface area contributed by atoms with Crippen molar-refractivity contribution in [1.82, 2.24) is 10.2 Å². The van der Waals surface area contributed by atoms with Crippen LogP contribution in [0, 0.1) is 12.3 Å². The Kier molecular flexibility index (Phi) is 7.68. The number of primary amides is 1. The summed E-state index contributed by atoms with van der Waals surface area (Å²) in [6.45, 7) is 5.21. The second-order valence-electron chi connectivity index (χ2n) is 7.51. The predicted molar refractivity (Wildman–Crippen MR) is 113 cm³/mol. The molecule has 0 saturated carbocycles. The molecule has 0 spiro atoms. The zero-order valence-corrected chi connectivity index (χ0v) is 17.5. The van der Waals surface area contributed by atoms with E-state index in [0.29, 0.717) is 36.2 Å². The lowest BCUT2D eigenvalue weighted by Crippen LogP contribution is -2.47. The monoisotopic (exact) mass is 417 g/mol. The van der Waals surface area contributed by atoms with Gasteiger partial charge in [0.05, 0.1) is 13.1 Å². The fraction of sp³-hybridized carbons (Fsp3) is 0.429. The Morgan fingerprint density at radius 2 is 1.97 bits per heavy atom. The third-order valence-electron chi connectivity index (χ3n) is 4.96. The number of likely N-dealkylation sites (tertiary alicyclic amines) is 1. The van der Waals surface area contributed by atoms with Crippen LogP contribution < -0.4 is 16.4 Å². The summed E-state index contributed by atoms with van der Waals surface area (Å²) < 4.78 is 13.7. The first kappa shape index (κ1) is 23.1. The number of hydrogen-bond donors (Lipinski definition) is 4. The highest BCUT2D eigenvalue weighted by atomic mass is 19.1. The molecule has 0 aliphatic carbocycles. The number of carbonyl (C=O) groups excluding carboxylic acids is 3. The molecular formula is C21H28FN5O3. The first-order valence-electron chi connectivity index (χ1n) is 9.74. The molecule has 1 atom stereocenters. The van der Waals surface area contributed by atoms with E-state index < -0.39 is 17.8 Å². The molecule has 1 aromatic rings. The number of carbonyl (C=O) groups is 3. The summed E-state index contributed by atoms with van der Waals surface area (Å²) in [6.07, 6.45) is 1.19. The van der Waals surface area contributed by atoms with E-state index in [1.807, 2.05) is 6.92 Å². The number of nitrogens with two attached hydrogens (primary N) is 1. The van der Waals surface area contributed by atoms with Gasteiger partial charge in [-0.3, -0.25) is 19.8 Å². The second-order valence-corrected chi connectivity index (χ2v) is 7.51. The van der Waals surface area contributed by atoms with Gasteiger partial charge in [-0.05, 0) is 50.8 Å². The van der Waals surface area contributed by atoms with Crippen molar-refractivity contribution in [3.63, 3.8) is 0 Å². The molecule has 1 saturated heterocycles. The maximum atomic E-state index is 13.7. The van der Waals surface area contributed by atoms with Crippen LogP contribution in [0.15, 0.2) is 29.6 Å². The SMILES string of the molecule is CC(C)=C(F)CNC(=O)[C@@H]1CCCN1C(=O)CNc1cc(C)ccc1C(=N)C(N)=O. The number of halogens is 1. The Bertz CT molecular complexity index is 893. The van der Waals surface area contributed by atoms with Crippen LogP contribution in [0.3, 0.4) is 0 Å². The van der Waals surface area contributed by atoms with Gasteiger partial charge in [-0.25, -0.2) is 4.39 Å². The topological polar surface area (TPSA) is 128 Å². The van der Waals surface area contributed by atoms with Gasteiger partial charge in [0, 0.05) is 17.8 Å². The minimum atomic E-state index is -0.867. The molecule has 30 heavy (non-hydrogen) atoms. The van der Waals surface area contributed by atoms with E-state index in [0.717, 1.165) is 5.56 Å². The standard InChI is InChI=1S/C21H28FN5O3/c1-12(2)15(22)10-26-21(30)17-5-4-8-27(17)18(28)11-25-16-9-13(3)6-7-14(16)19(23)20(24)29/h6-7,9,17,23,25H,4-5,8,10-11H2,1-3H3,(H2,24,29)(H,26,30)/t17-/m0/s1. The first-order valence-corrected chi connectivity index (χ1v) is 9.74. The normalized spacial score (nSPS) is 15.5. The Morgan fingerprint density at radius 3 is 2.60 bits per heavy atom. The van der Waals surface area contributed by atoms with Gasteiger partial charge >= 0.3 is 0 Å². The smallest absolute Gasteiger partial charge is 0.267 e. The van der Waals surface area contributed by atoms with E-state index in [1.54, 1.807) is 32.0 Å². The largest absolute Gasteiger partial charge is 0.376 e. The van der Waals surface area contributed by atoms with Gasteiger partial charge in [0.25, 0.3) is 5.91 Å². The molecule has 0 aromatic heterocycles. The van der Waals surface area contributed by atoms with E-state index in [9.17, 15) is 18.8 Å². The maximum absolute atomic E-state index is 13.7. The van der Waals surface area contributed by atoms with Crippen molar-refractivity contribution in [2.24, 2.45) is 5.73 Å². The van der Waals surface area contributed by atoms with Gasteiger partial charge in [-0.1, -0.05) is 12.1 Å². The zero-order valence-electron chi connectivity index (χ0n) is 17.5.